The van der Waals surface area contributed by atoms with E-state index in [0.717, 1.165) is 6.07 Å². The zero-order valence-electron chi connectivity index (χ0n) is 6.42. The SMILES string of the molecule is O=C(O)Cc1cc(O)c(F)cc1F. The smallest absolute Gasteiger partial charge is 0.307 e. The molecule has 0 saturated carbocycles. The van der Waals surface area contributed by atoms with Gasteiger partial charge in [0.15, 0.2) is 11.6 Å². The van der Waals surface area contributed by atoms with Crippen molar-refractivity contribution in [2.75, 3.05) is 0 Å². The van der Waals surface area contributed by atoms with Crippen molar-refractivity contribution in [1.29, 1.82) is 0 Å². The highest BCUT2D eigenvalue weighted by Gasteiger charge is 2.11. The fourth-order valence-corrected chi connectivity index (χ4v) is 0.879. The van der Waals surface area contributed by atoms with Gasteiger partial charge in [-0.25, -0.2) is 8.78 Å². The Morgan fingerprint density at radius 3 is 2.46 bits per heavy atom. The summed E-state index contributed by atoms with van der Waals surface area (Å²) in [5.41, 5.74) is -0.244. The number of benzene rings is 1. The summed E-state index contributed by atoms with van der Waals surface area (Å²) in [7, 11) is 0. The molecule has 0 aromatic heterocycles. The summed E-state index contributed by atoms with van der Waals surface area (Å²) in [6.07, 6.45) is -0.584. The third-order valence-electron chi connectivity index (χ3n) is 1.46. The Kier molecular flexibility index (Phi) is 2.46. The lowest BCUT2D eigenvalue weighted by atomic mass is 10.1. The third-order valence-corrected chi connectivity index (χ3v) is 1.46. The second-order valence-electron chi connectivity index (χ2n) is 2.47. The molecule has 5 heteroatoms. The first-order valence-electron chi connectivity index (χ1n) is 3.39. The van der Waals surface area contributed by atoms with Crippen LogP contribution in [0.1, 0.15) is 5.56 Å². The number of halogens is 2. The minimum absolute atomic E-state index is 0.244. The molecule has 0 atom stereocenters. The first kappa shape index (κ1) is 9.44. The van der Waals surface area contributed by atoms with Gasteiger partial charge >= 0.3 is 5.97 Å². The lowest BCUT2D eigenvalue weighted by Crippen LogP contribution is -2.02. The highest BCUT2D eigenvalue weighted by atomic mass is 19.1. The zero-order chi connectivity index (χ0) is 10.0. The highest BCUT2D eigenvalue weighted by Crippen LogP contribution is 2.20. The molecule has 0 bridgehead atoms. The van der Waals surface area contributed by atoms with Gasteiger partial charge in [-0.15, -0.1) is 0 Å². The molecule has 0 radical (unpaired) electrons. The van der Waals surface area contributed by atoms with Gasteiger partial charge in [0.25, 0.3) is 0 Å². The summed E-state index contributed by atoms with van der Waals surface area (Å²) in [6, 6.07) is 1.21. The Hall–Kier alpha value is -1.65. The molecule has 1 aromatic rings. The van der Waals surface area contributed by atoms with Crippen LogP contribution in [0.3, 0.4) is 0 Å². The highest BCUT2D eigenvalue weighted by molar-refractivity contribution is 5.70. The van der Waals surface area contributed by atoms with E-state index in [4.69, 9.17) is 10.2 Å². The van der Waals surface area contributed by atoms with Crippen LogP contribution in [0, 0.1) is 11.6 Å². The molecule has 0 saturated heterocycles. The molecular weight excluding hydrogens is 182 g/mol. The van der Waals surface area contributed by atoms with E-state index in [1.54, 1.807) is 0 Å². The molecule has 0 amide bonds. The maximum Gasteiger partial charge on any atom is 0.307 e. The van der Waals surface area contributed by atoms with Crippen LogP contribution in [0.15, 0.2) is 12.1 Å². The van der Waals surface area contributed by atoms with Crippen LogP contribution in [0.2, 0.25) is 0 Å². The molecule has 3 nitrogen and oxygen atoms in total. The Labute approximate surface area is 72.2 Å². The lowest BCUT2D eigenvalue weighted by molar-refractivity contribution is -0.136. The maximum absolute atomic E-state index is 12.8. The molecule has 2 N–H and O–H groups in total. The number of carboxylic acids is 1. The van der Waals surface area contributed by atoms with E-state index in [2.05, 4.69) is 0 Å². The number of phenolic OH excluding ortho intramolecular Hbond substituents is 1. The second-order valence-corrected chi connectivity index (χ2v) is 2.47. The van der Waals surface area contributed by atoms with Crippen molar-refractivity contribution in [1.82, 2.24) is 0 Å². The topological polar surface area (TPSA) is 57.5 Å². The second kappa shape index (κ2) is 3.38. The summed E-state index contributed by atoms with van der Waals surface area (Å²) < 4.78 is 25.2. The average molecular weight is 188 g/mol. The van der Waals surface area contributed by atoms with Crippen LogP contribution in [0.5, 0.6) is 5.75 Å². The van der Waals surface area contributed by atoms with Crippen LogP contribution >= 0.6 is 0 Å². The summed E-state index contributed by atoms with van der Waals surface area (Å²) >= 11 is 0. The van der Waals surface area contributed by atoms with E-state index in [1.165, 1.54) is 0 Å². The number of rotatable bonds is 2. The minimum Gasteiger partial charge on any atom is -0.505 e. The molecule has 0 fully saturated rings. The van der Waals surface area contributed by atoms with Gasteiger partial charge in [-0.3, -0.25) is 4.79 Å². The van der Waals surface area contributed by atoms with Crippen LogP contribution < -0.4 is 0 Å². The fraction of sp³-hybridized carbons (Fsp3) is 0.125. The van der Waals surface area contributed by atoms with E-state index in [0.29, 0.717) is 6.07 Å². The van der Waals surface area contributed by atoms with Gasteiger partial charge in [0.2, 0.25) is 0 Å². The molecule has 1 aromatic carbocycles. The van der Waals surface area contributed by atoms with Crippen molar-refractivity contribution in [3.63, 3.8) is 0 Å². The largest absolute Gasteiger partial charge is 0.505 e. The van der Waals surface area contributed by atoms with E-state index < -0.39 is 29.8 Å². The van der Waals surface area contributed by atoms with Crippen LogP contribution in [-0.2, 0) is 11.2 Å². The number of carbonyl (C=O) groups is 1. The van der Waals surface area contributed by atoms with Gasteiger partial charge in [0.05, 0.1) is 6.42 Å². The van der Waals surface area contributed by atoms with Crippen molar-refractivity contribution in [3.8, 4) is 5.75 Å². The number of aromatic hydroxyl groups is 1. The number of aliphatic carboxylic acids is 1. The fourth-order valence-electron chi connectivity index (χ4n) is 0.879. The summed E-state index contributed by atoms with van der Waals surface area (Å²) in [6.45, 7) is 0. The monoisotopic (exact) mass is 188 g/mol. The molecule has 70 valence electrons. The number of hydrogen-bond acceptors (Lipinski definition) is 2. The Bertz CT molecular complexity index is 349. The average Bonchev–Trinajstić information content (AvgIpc) is 1.99. The molecule has 0 unspecified atom stereocenters. The van der Waals surface area contributed by atoms with Gasteiger partial charge in [-0.1, -0.05) is 0 Å². The van der Waals surface area contributed by atoms with E-state index in [9.17, 15) is 13.6 Å². The van der Waals surface area contributed by atoms with Crippen molar-refractivity contribution in [3.05, 3.63) is 29.3 Å². The molecule has 0 heterocycles. The van der Waals surface area contributed by atoms with Crippen molar-refractivity contribution < 1.29 is 23.8 Å². The van der Waals surface area contributed by atoms with E-state index >= 15 is 0 Å². The number of phenols is 1. The molecule has 0 aliphatic carbocycles. The van der Waals surface area contributed by atoms with Crippen LogP contribution in [-0.4, -0.2) is 16.2 Å². The Balaban J connectivity index is 3.08. The molecule has 0 aliphatic rings. The van der Waals surface area contributed by atoms with Gasteiger partial charge in [-0.05, 0) is 6.07 Å². The normalized spacial score (nSPS) is 10.0. The first-order valence-corrected chi connectivity index (χ1v) is 3.39. The van der Waals surface area contributed by atoms with E-state index in [1.807, 2.05) is 0 Å². The summed E-state index contributed by atoms with van der Waals surface area (Å²) in [5.74, 6) is -4.08. The minimum atomic E-state index is -1.25. The van der Waals surface area contributed by atoms with Gasteiger partial charge in [-0.2, -0.15) is 0 Å². The lowest BCUT2D eigenvalue weighted by Gasteiger charge is -2.01. The number of hydrogen-bond donors (Lipinski definition) is 2. The Morgan fingerprint density at radius 2 is 1.92 bits per heavy atom. The van der Waals surface area contributed by atoms with Crippen molar-refractivity contribution >= 4 is 5.97 Å². The van der Waals surface area contributed by atoms with Crippen LogP contribution in [0.4, 0.5) is 8.78 Å². The maximum atomic E-state index is 12.8. The van der Waals surface area contributed by atoms with E-state index in [-0.39, 0.29) is 5.56 Å². The van der Waals surface area contributed by atoms with Gasteiger partial charge in [0.1, 0.15) is 5.82 Å². The molecule has 0 aliphatic heterocycles. The van der Waals surface area contributed by atoms with Crippen molar-refractivity contribution in [2.24, 2.45) is 0 Å². The molecular formula is C8H6F2O3. The summed E-state index contributed by atoms with van der Waals surface area (Å²) in [4.78, 5) is 10.2. The standard InChI is InChI=1S/C8H6F2O3/c9-5-3-6(10)7(11)1-4(5)2-8(12)13/h1,3,11H,2H2,(H,12,13). The molecule has 1 rings (SSSR count). The first-order chi connectivity index (χ1) is 6.00. The predicted octanol–water partition coefficient (Wildman–Crippen LogP) is 1.30. The van der Waals surface area contributed by atoms with Gasteiger partial charge in [0, 0.05) is 11.6 Å². The summed E-state index contributed by atoms with van der Waals surface area (Å²) in [5, 5.41) is 17.1. The number of carboxylic acid groups (broad SMARTS) is 1. The van der Waals surface area contributed by atoms with Gasteiger partial charge < -0.3 is 10.2 Å². The zero-order valence-corrected chi connectivity index (χ0v) is 6.42. The third kappa shape index (κ3) is 2.14. The predicted molar refractivity (Wildman–Crippen MR) is 39.4 cm³/mol. The molecule has 13 heavy (non-hydrogen) atoms. The molecule has 0 spiro atoms. The van der Waals surface area contributed by atoms with Crippen LogP contribution in [0.25, 0.3) is 0 Å². The Morgan fingerprint density at radius 1 is 1.31 bits per heavy atom. The quantitative estimate of drug-likeness (QED) is 0.735. The van der Waals surface area contributed by atoms with Crippen molar-refractivity contribution in [2.45, 2.75) is 6.42 Å².